The van der Waals surface area contributed by atoms with Crippen LogP contribution in [0.2, 0.25) is 0 Å². The van der Waals surface area contributed by atoms with E-state index in [0.717, 1.165) is 23.5 Å². The summed E-state index contributed by atoms with van der Waals surface area (Å²) in [5.41, 5.74) is 0.908. The molecule has 0 aliphatic carbocycles. The number of pyridine rings is 1. The van der Waals surface area contributed by atoms with Crippen LogP contribution in [0.25, 0.3) is 0 Å². The predicted octanol–water partition coefficient (Wildman–Crippen LogP) is 5.32. The number of hydrogen-bond acceptors (Lipinski definition) is 7. The van der Waals surface area contributed by atoms with Crippen LogP contribution in [0.5, 0.6) is 5.75 Å². The van der Waals surface area contributed by atoms with Crippen LogP contribution < -0.4 is 9.46 Å². The molecule has 1 aromatic carbocycles. The highest BCUT2D eigenvalue weighted by molar-refractivity contribution is 7.93. The van der Waals surface area contributed by atoms with E-state index in [1.54, 1.807) is 23.6 Å². The minimum Gasteiger partial charge on any atom is -0.493 e. The van der Waals surface area contributed by atoms with Crippen molar-refractivity contribution in [3.05, 3.63) is 65.2 Å². The summed E-state index contributed by atoms with van der Waals surface area (Å²) in [5, 5.41) is 1.67. The molecule has 0 radical (unpaired) electrons. The SMILES string of the molecule is O=S(=O)(Nc1nccs1)c1cc2c(cc1F)[C@H](N1CCC(C(F)(F)F)C[C@H]1c1ccccn1)CCO2. The molecular weight excluding hydrogens is 520 g/mol. The molecule has 2 aromatic heterocycles. The van der Waals surface area contributed by atoms with Gasteiger partial charge in [0.15, 0.2) is 5.13 Å². The number of sulfonamides is 1. The van der Waals surface area contributed by atoms with Crippen LogP contribution >= 0.6 is 11.3 Å². The van der Waals surface area contributed by atoms with Crippen LogP contribution in [-0.4, -0.2) is 42.6 Å². The monoisotopic (exact) mass is 542 g/mol. The Bertz CT molecular complexity index is 1320. The van der Waals surface area contributed by atoms with Gasteiger partial charge in [0.25, 0.3) is 10.0 Å². The molecule has 0 amide bonds. The minimum atomic E-state index is -4.33. The van der Waals surface area contributed by atoms with Gasteiger partial charge in [-0.1, -0.05) is 6.07 Å². The van der Waals surface area contributed by atoms with E-state index in [0.29, 0.717) is 17.7 Å². The van der Waals surface area contributed by atoms with Gasteiger partial charge in [0, 0.05) is 48.4 Å². The Hall–Kier alpha value is -2.77. The van der Waals surface area contributed by atoms with Crippen LogP contribution in [-0.2, 0) is 10.0 Å². The standard InChI is InChI=1S/C23H22F4N4O3S2/c24-16-12-15-18(5-9-34-20(15)13-21(16)36(32,33)30-22-29-7-10-35-22)31-8-4-14(23(25,26)27)11-19(31)17-3-1-2-6-28-17/h1-3,6-7,10,12-14,18-19H,4-5,8-9,11H2,(H,29,30)/t14?,18-,19+/m1/s1. The number of piperidine rings is 1. The van der Waals surface area contributed by atoms with Gasteiger partial charge in [-0.25, -0.2) is 17.8 Å². The van der Waals surface area contributed by atoms with E-state index < -0.39 is 44.9 Å². The molecule has 192 valence electrons. The maximum atomic E-state index is 15.2. The molecule has 3 aromatic rings. The van der Waals surface area contributed by atoms with E-state index in [4.69, 9.17) is 4.74 Å². The average Bonchev–Trinajstić information content (AvgIpc) is 3.35. The molecule has 2 aliphatic rings. The predicted molar refractivity (Wildman–Crippen MR) is 125 cm³/mol. The van der Waals surface area contributed by atoms with Crippen LogP contribution in [0, 0.1) is 11.7 Å². The van der Waals surface area contributed by atoms with Gasteiger partial charge in [-0.05, 0) is 31.0 Å². The summed E-state index contributed by atoms with van der Waals surface area (Å²) in [7, 11) is -4.27. The normalized spacial score (nSPS) is 23.1. The second kappa shape index (κ2) is 9.60. The fourth-order valence-electron chi connectivity index (χ4n) is 4.88. The van der Waals surface area contributed by atoms with Gasteiger partial charge in [0.05, 0.1) is 24.3 Å². The Morgan fingerprint density at radius 1 is 1.11 bits per heavy atom. The molecule has 0 saturated carbocycles. The quantitative estimate of drug-likeness (QED) is 0.440. The van der Waals surface area contributed by atoms with E-state index in [2.05, 4.69) is 14.7 Å². The van der Waals surface area contributed by atoms with Crippen molar-refractivity contribution in [1.82, 2.24) is 14.9 Å². The van der Waals surface area contributed by atoms with Gasteiger partial charge in [0.2, 0.25) is 0 Å². The number of likely N-dealkylation sites (tertiary alicyclic amines) is 1. The lowest BCUT2D eigenvalue weighted by atomic mass is 9.85. The zero-order valence-electron chi connectivity index (χ0n) is 18.8. The molecule has 3 atom stereocenters. The molecule has 4 heterocycles. The van der Waals surface area contributed by atoms with Gasteiger partial charge < -0.3 is 4.74 Å². The average molecular weight is 543 g/mol. The van der Waals surface area contributed by atoms with E-state index in [9.17, 15) is 21.6 Å². The number of anilines is 1. The van der Waals surface area contributed by atoms with E-state index >= 15 is 4.39 Å². The van der Waals surface area contributed by atoms with Gasteiger partial charge >= 0.3 is 6.18 Å². The number of aromatic nitrogens is 2. The highest BCUT2D eigenvalue weighted by atomic mass is 32.2. The third kappa shape index (κ3) is 4.91. The van der Waals surface area contributed by atoms with Crippen molar-refractivity contribution in [1.29, 1.82) is 0 Å². The summed E-state index contributed by atoms with van der Waals surface area (Å²) in [6, 6.07) is 6.25. The van der Waals surface area contributed by atoms with Crippen LogP contribution in [0.1, 0.15) is 42.6 Å². The summed E-state index contributed by atoms with van der Waals surface area (Å²) in [4.78, 5) is 9.49. The van der Waals surface area contributed by atoms with E-state index in [1.165, 1.54) is 12.4 Å². The maximum absolute atomic E-state index is 15.2. The summed E-state index contributed by atoms with van der Waals surface area (Å²) in [5.74, 6) is -2.26. The van der Waals surface area contributed by atoms with Crippen molar-refractivity contribution in [3.63, 3.8) is 0 Å². The Morgan fingerprint density at radius 2 is 1.94 bits per heavy atom. The first kappa shape index (κ1) is 24.9. The molecule has 13 heteroatoms. The lowest BCUT2D eigenvalue weighted by Crippen LogP contribution is -2.44. The number of benzene rings is 1. The number of fused-ring (bicyclic) bond motifs is 1. The van der Waals surface area contributed by atoms with Gasteiger partial charge in [-0.3, -0.25) is 14.6 Å². The third-order valence-corrected chi connectivity index (χ3v) is 8.72. The molecule has 1 saturated heterocycles. The highest BCUT2D eigenvalue weighted by Crippen LogP contribution is 2.48. The first-order chi connectivity index (χ1) is 17.1. The lowest BCUT2D eigenvalue weighted by molar-refractivity contribution is -0.192. The zero-order valence-corrected chi connectivity index (χ0v) is 20.4. The third-order valence-electron chi connectivity index (χ3n) is 6.55. The van der Waals surface area contributed by atoms with Gasteiger partial charge in [0.1, 0.15) is 16.5 Å². The second-order valence-corrected chi connectivity index (χ2v) is 11.2. The van der Waals surface area contributed by atoms with E-state index in [1.807, 2.05) is 4.90 Å². The minimum absolute atomic E-state index is 0.0911. The van der Waals surface area contributed by atoms with Crippen molar-refractivity contribution in [2.75, 3.05) is 17.9 Å². The Morgan fingerprint density at radius 3 is 2.64 bits per heavy atom. The number of nitrogens with one attached hydrogen (secondary N) is 1. The maximum Gasteiger partial charge on any atom is 0.391 e. The number of ether oxygens (including phenoxy) is 1. The topological polar surface area (TPSA) is 84.4 Å². The molecule has 1 unspecified atom stereocenters. The zero-order chi connectivity index (χ0) is 25.5. The smallest absolute Gasteiger partial charge is 0.391 e. The van der Waals surface area contributed by atoms with Crippen LogP contribution in [0.15, 0.2) is 53.0 Å². The first-order valence-corrected chi connectivity index (χ1v) is 13.6. The van der Waals surface area contributed by atoms with Crippen LogP contribution in [0.4, 0.5) is 22.7 Å². The summed E-state index contributed by atoms with van der Waals surface area (Å²) in [6.07, 6.45) is -1.22. The summed E-state index contributed by atoms with van der Waals surface area (Å²) >= 11 is 1.05. The number of nitrogens with zero attached hydrogens (tertiary/aromatic N) is 3. The van der Waals surface area contributed by atoms with Gasteiger partial charge in [-0.15, -0.1) is 11.3 Å². The van der Waals surface area contributed by atoms with Crippen molar-refractivity contribution in [2.24, 2.45) is 5.92 Å². The Kier molecular flexibility index (Phi) is 6.64. The lowest BCUT2D eigenvalue weighted by Gasteiger charge is -2.45. The molecular formula is C23H22F4N4O3S2. The molecule has 36 heavy (non-hydrogen) atoms. The van der Waals surface area contributed by atoms with Crippen LogP contribution in [0.3, 0.4) is 0 Å². The second-order valence-electron chi connectivity index (χ2n) is 8.69. The molecule has 0 bridgehead atoms. The highest BCUT2D eigenvalue weighted by Gasteiger charge is 2.47. The van der Waals surface area contributed by atoms with E-state index in [-0.39, 0.29) is 36.9 Å². The number of alkyl halides is 3. The fraction of sp³-hybridized carbons (Fsp3) is 0.391. The Labute approximate surface area is 209 Å². The largest absolute Gasteiger partial charge is 0.493 e. The summed E-state index contributed by atoms with van der Waals surface area (Å²) < 4.78 is 89.6. The number of rotatable bonds is 5. The molecule has 1 N–H and O–H groups in total. The first-order valence-electron chi connectivity index (χ1n) is 11.3. The number of thiazole rings is 1. The Balaban J connectivity index is 1.49. The molecule has 2 aliphatic heterocycles. The van der Waals surface area contributed by atoms with Crippen molar-refractivity contribution in [2.45, 2.75) is 42.4 Å². The van der Waals surface area contributed by atoms with Crippen molar-refractivity contribution >= 4 is 26.5 Å². The summed E-state index contributed by atoms with van der Waals surface area (Å²) in [6.45, 7) is 0.333. The van der Waals surface area contributed by atoms with Gasteiger partial charge in [-0.2, -0.15) is 13.2 Å². The molecule has 0 spiro atoms. The van der Waals surface area contributed by atoms with Crippen molar-refractivity contribution in [3.8, 4) is 5.75 Å². The molecule has 5 rings (SSSR count). The van der Waals surface area contributed by atoms with Crippen molar-refractivity contribution < 1.29 is 30.7 Å². The molecule has 7 nitrogen and oxygen atoms in total. The fourth-order valence-corrected chi connectivity index (χ4v) is 6.75. The number of halogens is 4. The number of hydrogen-bond donors (Lipinski definition) is 1. The molecule has 1 fully saturated rings.